The Bertz CT molecular complexity index is 682. The van der Waals surface area contributed by atoms with E-state index in [2.05, 4.69) is 20.6 Å². The van der Waals surface area contributed by atoms with Crippen molar-refractivity contribution in [2.45, 2.75) is 31.7 Å². The van der Waals surface area contributed by atoms with E-state index in [-0.39, 0.29) is 18.4 Å². The zero-order valence-corrected chi connectivity index (χ0v) is 13.4. The number of hydrogen-bond acceptors (Lipinski definition) is 5. The van der Waals surface area contributed by atoms with Gasteiger partial charge in [-0.1, -0.05) is 0 Å². The monoisotopic (exact) mass is 330 g/mol. The minimum Gasteiger partial charge on any atom is -0.352 e. The highest BCUT2D eigenvalue weighted by molar-refractivity contribution is 7.13. The second-order valence-corrected chi connectivity index (χ2v) is 6.36. The van der Waals surface area contributed by atoms with E-state index in [4.69, 9.17) is 0 Å². The number of aromatic nitrogens is 2. The summed E-state index contributed by atoms with van der Waals surface area (Å²) in [5, 5.41) is 8.36. The van der Waals surface area contributed by atoms with Crippen LogP contribution in [-0.4, -0.2) is 34.4 Å². The Balaban J connectivity index is 1.42. The zero-order valence-electron chi connectivity index (χ0n) is 12.6. The second-order valence-electron chi connectivity index (χ2n) is 5.50. The molecule has 1 fully saturated rings. The Morgan fingerprint density at radius 2 is 2.00 bits per heavy atom. The van der Waals surface area contributed by atoms with Gasteiger partial charge in [0.15, 0.2) is 0 Å². The SMILES string of the molecule is O=C(CCc1csc(-c2ccncc2)n1)NCC(=O)NC1CC1. The van der Waals surface area contributed by atoms with Crippen LogP contribution in [0.1, 0.15) is 25.0 Å². The normalized spacial score (nSPS) is 13.6. The third-order valence-electron chi connectivity index (χ3n) is 3.48. The molecule has 0 aromatic carbocycles. The molecular weight excluding hydrogens is 312 g/mol. The van der Waals surface area contributed by atoms with Gasteiger partial charge in [-0.2, -0.15) is 0 Å². The number of nitrogens with zero attached hydrogens (tertiary/aromatic N) is 2. The second kappa shape index (κ2) is 7.32. The lowest BCUT2D eigenvalue weighted by atomic mass is 10.2. The maximum Gasteiger partial charge on any atom is 0.239 e. The zero-order chi connectivity index (χ0) is 16.1. The van der Waals surface area contributed by atoms with Crippen LogP contribution >= 0.6 is 11.3 Å². The number of amides is 2. The van der Waals surface area contributed by atoms with Gasteiger partial charge in [-0.05, 0) is 31.4 Å². The van der Waals surface area contributed by atoms with E-state index in [0.29, 0.717) is 18.9 Å². The molecule has 1 aliphatic rings. The van der Waals surface area contributed by atoms with Gasteiger partial charge in [-0.15, -0.1) is 11.3 Å². The summed E-state index contributed by atoms with van der Waals surface area (Å²) in [6.45, 7) is 0.0503. The largest absolute Gasteiger partial charge is 0.352 e. The molecule has 1 aliphatic carbocycles. The van der Waals surface area contributed by atoms with E-state index in [9.17, 15) is 9.59 Å². The molecule has 0 unspecified atom stereocenters. The van der Waals surface area contributed by atoms with Crippen molar-refractivity contribution in [3.8, 4) is 10.6 Å². The summed E-state index contributed by atoms with van der Waals surface area (Å²) in [4.78, 5) is 31.8. The lowest BCUT2D eigenvalue weighted by Crippen LogP contribution is -2.37. The van der Waals surface area contributed by atoms with Crippen molar-refractivity contribution in [2.75, 3.05) is 6.54 Å². The average Bonchev–Trinajstić information content (AvgIpc) is 3.25. The van der Waals surface area contributed by atoms with Gasteiger partial charge < -0.3 is 10.6 Å². The third kappa shape index (κ3) is 4.85. The molecular formula is C16H18N4O2S. The Morgan fingerprint density at radius 1 is 1.22 bits per heavy atom. The predicted octanol–water partition coefficient (Wildman–Crippen LogP) is 1.53. The van der Waals surface area contributed by atoms with Crippen LogP contribution in [0.3, 0.4) is 0 Å². The standard InChI is InChI=1S/C16H18N4O2S/c21-14(18-9-15(22)19-12-1-2-12)4-3-13-10-23-16(20-13)11-5-7-17-8-6-11/h5-8,10,12H,1-4,9H2,(H,18,21)(H,19,22). The average molecular weight is 330 g/mol. The van der Waals surface area contributed by atoms with Gasteiger partial charge in [0.05, 0.1) is 12.2 Å². The van der Waals surface area contributed by atoms with Gasteiger partial charge in [0.1, 0.15) is 5.01 Å². The van der Waals surface area contributed by atoms with Gasteiger partial charge in [0, 0.05) is 35.8 Å². The summed E-state index contributed by atoms with van der Waals surface area (Å²) in [6, 6.07) is 4.14. The van der Waals surface area contributed by atoms with Crippen LogP contribution in [0.2, 0.25) is 0 Å². The van der Waals surface area contributed by atoms with Gasteiger partial charge in [0.25, 0.3) is 0 Å². The molecule has 2 aromatic rings. The van der Waals surface area contributed by atoms with Crippen LogP contribution in [0, 0.1) is 0 Å². The highest BCUT2D eigenvalue weighted by Gasteiger charge is 2.23. The molecule has 2 amide bonds. The lowest BCUT2D eigenvalue weighted by molar-refractivity contribution is -0.126. The van der Waals surface area contributed by atoms with Gasteiger partial charge in [-0.25, -0.2) is 4.98 Å². The number of rotatable bonds is 7. The quantitative estimate of drug-likeness (QED) is 0.806. The minimum atomic E-state index is -0.130. The van der Waals surface area contributed by atoms with Crippen molar-refractivity contribution in [2.24, 2.45) is 0 Å². The maximum absolute atomic E-state index is 11.8. The van der Waals surface area contributed by atoms with Crippen molar-refractivity contribution in [3.63, 3.8) is 0 Å². The number of aryl methyl sites for hydroxylation is 1. The van der Waals surface area contributed by atoms with Crippen molar-refractivity contribution >= 4 is 23.2 Å². The first-order valence-corrected chi connectivity index (χ1v) is 8.49. The molecule has 120 valence electrons. The van der Waals surface area contributed by atoms with Crippen molar-refractivity contribution in [3.05, 3.63) is 35.6 Å². The highest BCUT2D eigenvalue weighted by Crippen LogP contribution is 2.23. The van der Waals surface area contributed by atoms with E-state index in [1.807, 2.05) is 17.5 Å². The molecule has 1 saturated carbocycles. The van der Waals surface area contributed by atoms with Crippen LogP contribution in [0.4, 0.5) is 0 Å². The summed E-state index contributed by atoms with van der Waals surface area (Å²) < 4.78 is 0. The van der Waals surface area contributed by atoms with Crippen molar-refractivity contribution in [1.82, 2.24) is 20.6 Å². The molecule has 6 nitrogen and oxygen atoms in total. The molecule has 7 heteroatoms. The van der Waals surface area contributed by atoms with E-state index in [0.717, 1.165) is 29.1 Å². The van der Waals surface area contributed by atoms with Crippen LogP contribution in [0.15, 0.2) is 29.9 Å². The first kappa shape index (κ1) is 15.6. The lowest BCUT2D eigenvalue weighted by Gasteiger charge is -2.05. The Kier molecular flexibility index (Phi) is 4.97. The number of hydrogen-bond donors (Lipinski definition) is 2. The predicted molar refractivity (Wildman–Crippen MR) is 87.8 cm³/mol. The van der Waals surface area contributed by atoms with Crippen LogP contribution in [0.25, 0.3) is 10.6 Å². The highest BCUT2D eigenvalue weighted by atomic mass is 32.1. The van der Waals surface area contributed by atoms with Gasteiger partial charge in [-0.3, -0.25) is 14.6 Å². The van der Waals surface area contributed by atoms with Crippen LogP contribution in [0.5, 0.6) is 0 Å². The molecule has 0 bridgehead atoms. The number of thiazole rings is 1. The number of pyridine rings is 1. The van der Waals surface area contributed by atoms with Gasteiger partial charge in [0.2, 0.25) is 11.8 Å². The summed E-state index contributed by atoms with van der Waals surface area (Å²) in [5.74, 6) is -0.246. The molecule has 23 heavy (non-hydrogen) atoms. The van der Waals surface area contributed by atoms with Crippen molar-refractivity contribution in [1.29, 1.82) is 0 Å². The summed E-state index contributed by atoms with van der Waals surface area (Å²) in [6.07, 6.45) is 6.45. The Morgan fingerprint density at radius 3 is 2.74 bits per heavy atom. The molecule has 3 rings (SSSR count). The van der Waals surface area contributed by atoms with E-state index < -0.39 is 0 Å². The number of nitrogens with one attached hydrogen (secondary N) is 2. The molecule has 0 saturated heterocycles. The number of carbonyl (C=O) groups is 2. The summed E-state index contributed by atoms with van der Waals surface area (Å²) >= 11 is 1.55. The number of carbonyl (C=O) groups excluding carboxylic acids is 2. The van der Waals surface area contributed by atoms with Crippen LogP contribution in [-0.2, 0) is 16.0 Å². The molecule has 0 atom stereocenters. The maximum atomic E-state index is 11.8. The summed E-state index contributed by atoms with van der Waals surface area (Å²) in [5.41, 5.74) is 1.91. The van der Waals surface area contributed by atoms with E-state index in [1.54, 1.807) is 23.7 Å². The molecule has 2 heterocycles. The summed E-state index contributed by atoms with van der Waals surface area (Å²) in [7, 11) is 0. The van der Waals surface area contributed by atoms with Crippen molar-refractivity contribution < 1.29 is 9.59 Å². The molecule has 2 N–H and O–H groups in total. The fraction of sp³-hybridized carbons (Fsp3) is 0.375. The van der Waals surface area contributed by atoms with E-state index >= 15 is 0 Å². The molecule has 0 aliphatic heterocycles. The Labute approximate surface area is 138 Å². The first-order valence-electron chi connectivity index (χ1n) is 7.61. The third-order valence-corrected chi connectivity index (χ3v) is 4.42. The topological polar surface area (TPSA) is 84.0 Å². The van der Waals surface area contributed by atoms with Gasteiger partial charge >= 0.3 is 0 Å². The van der Waals surface area contributed by atoms with Crippen LogP contribution < -0.4 is 10.6 Å². The fourth-order valence-corrected chi connectivity index (χ4v) is 2.92. The fourth-order valence-electron chi connectivity index (χ4n) is 2.06. The Hall–Kier alpha value is -2.28. The molecule has 0 spiro atoms. The smallest absolute Gasteiger partial charge is 0.239 e. The molecule has 0 radical (unpaired) electrons. The molecule has 2 aromatic heterocycles. The van der Waals surface area contributed by atoms with E-state index in [1.165, 1.54) is 0 Å². The first-order chi connectivity index (χ1) is 11.2. The minimum absolute atomic E-state index is 0.0503.